The summed E-state index contributed by atoms with van der Waals surface area (Å²) in [5.41, 5.74) is 2.09. The van der Waals surface area contributed by atoms with Gasteiger partial charge in [0.1, 0.15) is 0 Å². The van der Waals surface area contributed by atoms with Gasteiger partial charge in [-0.15, -0.1) is 10.2 Å². The molecule has 1 N–H and O–H groups in total. The molecule has 1 aromatic heterocycles. The molecule has 5 nitrogen and oxygen atoms in total. The van der Waals surface area contributed by atoms with Crippen molar-refractivity contribution < 1.29 is 9.21 Å². The molecule has 2 aromatic rings. The van der Waals surface area contributed by atoms with E-state index in [9.17, 15) is 4.79 Å². The number of hydrogen-bond acceptors (Lipinski definition) is 4. The van der Waals surface area contributed by atoms with Gasteiger partial charge >= 0.3 is 0 Å². The zero-order valence-corrected chi connectivity index (χ0v) is 14.4. The summed E-state index contributed by atoms with van der Waals surface area (Å²) in [6, 6.07) is 8.28. The second-order valence-corrected chi connectivity index (χ2v) is 6.89. The molecular weight excluding hydrogens is 302 g/mol. The lowest BCUT2D eigenvalue weighted by atomic mass is 9.87. The zero-order chi connectivity index (χ0) is 16.9. The van der Waals surface area contributed by atoms with Gasteiger partial charge in [0, 0.05) is 24.4 Å². The van der Waals surface area contributed by atoms with Crippen molar-refractivity contribution in [1.29, 1.82) is 0 Å². The van der Waals surface area contributed by atoms with E-state index < -0.39 is 0 Å². The first-order valence-electron chi connectivity index (χ1n) is 8.79. The number of rotatable bonds is 5. The first-order chi connectivity index (χ1) is 11.6. The predicted molar refractivity (Wildman–Crippen MR) is 92.4 cm³/mol. The van der Waals surface area contributed by atoms with Crippen LogP contribution in [-0.4, -0.2) is 22.1 Å². The topological polar surface area (TPSA) is 68.0 Å². The first-order valence-corrected chi connectivity index (χ1v) is 8.79. The number of nitrogens with one attached hydrogen (secondary N) is 1. The summed E-state index contributed by atoms with van der Waals surface area (Å²) in [4.78, 5) is 12.1. The second-order valence-electron chi connectivity index (χ2n) is 6.89. The largest absolute Gasteiger partial charge is 0.421 e. The van der Waals surface area contributed by atoms with Crippen molar-refractivity contribution in [3.05, 3.63) is 35.7 Å². The fourth-order valence-corrected chi connectivity index (χ4v) is 3.09. The Morgan fingerprint density at radius 1 is 1.17 bits per heavy atom. The lowest BCUT2D eigenvalue weighted by Crippen LogP contribution is -2.37. The molecule has 1 heterocycles. The number of benzene rings is 1. The Morgan fingerprint density at radius 3 is 2.58 bits per heavy atom. The Labute approximate surface area is 142 Å². The molecule has 0 bridgehead atoms. The quantitative estimate of drug-likeness (QED) is 0.910. The van der Waals surface area contributed by atoms with Crippen LogP contribution < -0.4 is 5.32 Å². The molecule has 0 atom stereocenters. The van der Waals surface area contributed by atoms with E-state index in [4.69, 9.17) is 4.42 Å². The molecule has 0 saturated heterocycles. The van der Waals surface area contributed by atoms with Crippen LogP contribution in [-0.2, 0) is 11.2 Å². The monoisotopic (exact) mass is 327 g/mol. The molecule has 1 saturated carbocycles. The highest BCUT2D eigenvalue weighted by molar-refractivity contribution is 5.76. The summed E-state index contributed by atoms with van der Waals surface area (Å²) in [7, 11) is 0. The molecule has 1 fully saturated rings. The minimum atomic E-state index is 0.0737. The van der Waals surface area contributed by atoms with Gasteiger partial charge in [0.15, 0.2) is 0 Å². The molecule has 0 spiro atoms. The highest BCUT2D eigenvalue weighted by Crippen LogP contribution is 2.23. The van der Waals surface area contributed by atoms with Crippen LogP contribution in [0.15, 0.2) is 28.7 Å². The van der Waals surface area contributed by atoms with Crippen molar-refractivity contribution in [2.24, 2.45) is 5.92 Å². The number of aromatic nitrogens is 2. The van der Waals surface area contributed by atoms with Gasteiger partial charge in [-0.25, -0.2) is 0 Å². The third kappa shape index (κ3) is 4.43. The summed E-state index contributed by atoms with van der Waals surface area (Å²) in [6.45, 7) is 4.31. The number of carbonyl (C=O) groups is 1. The number of nitrogens with zero attached hydrogens (tertiary/aromatic N) is 2. The molecule has 3 rings (SSSR count). The minimum absolute atomic E-state index is 0.0737. The summed E-state index contributed by atoms with van der Waals surface area (Å²) in [5.74, 6) is 1.88. The van der Waals surface area contributed by atoms with E-state index in [1.807, 2.05) is 31.2 Å². The maximum atomic E-state index is 12.1. The van der Waals surface area contributed by atoms with Gasteiger partial charge in [0.05, 0.1) is 0 Å². The van der Waals surface area contributed by atoms with E-state index in [2.05, 4.69) is 22.4 Å². The van der Waals surface area contributed by atoms with Gasteiger partial charge in [0.2, 0.25) is 17.7 Å². The van der Waals surface area contributed by atoms with Gasteiger partial charge in [-0.3, -0.25) is 4.79 Å². The highest BCUT2D eigenvalue weighted by atomic mass is 16.4. The van der Waals surface area contributed by atoms with Crippen LogP contribution in [0.5, 0.6) is 0 Å². The maximum Gasteiger partial charge on any atom is 0.247 e. The highest BCUT2D eigenvalue weighted by Gasteiger charge is 2.20. The van der Waals surface area contributed by atoms with Gasteiger partial charge in [-0.2, -0.15) is 0 Å². The summed E-state index contributed by atoms with van der Waals surface area (Å²) >= 11 is 0. The van der Waals surface area contributed by atoms with Crippen molar-refractivity contribution in [3.63, 3.8) is 0 Å². The summed E-state index contributed by atoms with van der Waals surface area (Å²) < 4.78 is 5.66. The molecule has 0 aliphatic heterocycles. The van der Waals surface area contributed by atoms with Gasteiger partial charge < -0.3 is 9.73 Å². The van der Waals surface area contributed by atoms with Gasteiger partial charge in [-0.05, 0) is 50.7 Å². The molecule has 0 unspecified atom stereocenters. The third-order valence-corrected chi connectivity index (χ3v) is 4.71. The van der Waals surface area contributed by atoms with Crippen LogP contribution in [0.4, 0.5) is 0 Å². The number of hydrogen-bond donors (Lipinski definition) is 1. The van der Waals surface area contributed by atoms with E-state index >= 15 is 0 Å². The molecule has 24 heavy (non-hydrogen) atoms. The molecule has 1 amide bonds. The van der Waals surface area contributed by atoms with Crippen LogP contribution in [0.1, 0.15) is 50.5 Å². The third-order valence-electron chi connectivity index (χ3n) is 4.71. The lowest BCUT2D eigenvalue weighted by molar-refractivity contribution is -0.122. The fourth-order valence-electron chi connectivity index (χ4n) is 3.09. The molecule has 1 aliphatic carbocycles. The van der Waals surface area contributed by atoms with Crippen molar-refractivity contribution >= 4 is 5.91 Å². The average molecular weight is 327 g/mol. The van der Waals surface area contributed by atoms with Crippen LogP contribution >= 0.6 is 0 Å². The van der Waals surface area contributed by atoms with Crippen molar-refractivity contribution in [1.82, 2.24) is 15.5 Å². The Hall–Kier alpha value is -2.17. The molecule has 1 aliphatic rings. The molecule has 0 radical (unpaired) electrons. The molecule has 1 aromatic carbocycles. The smallest absolute Gasteiger partial charge is 0.247 e. The Kier molecular flexibility index (Phi) is 5.28. The summed E-state index contributed by atoms with van der Waals surface area (Å²) in [5, 5.41) is 11.2. The fraction of sp³-hybridized carbons (Fsp3) is 0.526. The normalized spacial score (nSPS) is 20.8. The second kappa shape index (κ2) is 7.60. The van der Waals surface area contributed by atoms with Gasteiger partial charge in [-0.1, -0.05) is 24.6 Å². The molecule has 128 valence electrons. The molecular formula is C19H25N3O2. The van der Waals surface area contributed by atoms with Crippen LogP contribution in [0, 0.1) is 12.8 Å². The van der Waals surface area contributed by atoms with Crippen molar-refractivity contribution in [2.75, 3.05) is 0 Å². The van der Waals surface area contributed by atoms with Gasteiger partial charge in [0.25, 0.3) is 0 Å². The van der Waals surface area contributed by atoms with E-state index in [1.165, 1.54) is 18.4 Å². The average Bonchev–Trinajstić information content (AvgIpc) is 3.05. The zero-order valence-electron chi connectivity index (χ0n) is 14.4. The predicted octanol–water partition coefficient (Wildman–Crippen LogP) is 3.67. The van der Waals surface area contributed by atoms with E-state index in [0.717, 1.165) is 24.3 Å². The number of amides is 1. The number of aryl methyl sites for hydroxylation is 2. The molecule has 5 heteroatoms. The Bertz CT molecular complexity index is 670. The summed E-state index contributed by atoms with van der Waals surface area (Å²) in [6.07, 6.45) is 5.45. The minimum Gasteiger partial charge on any atom is -0.421 e. The van der Waals surface area contributed by atoms with Crippen molar-refractivity contribution in [3.8, 4) is 11.5 Å². The number of carbonyl (C=O) groups excluding carboxylic acids is 1. The van der Waals surface area contributed by atoms with E-state index in [0.29, 0.717) is 30.7 Å². The maximum absolute atomic E-state index is 12.1. The SMILES string of the molecule is Cc1ccc(-c2nnc(CCC(=O)NC3CCC(C)CC3)o2)cc1. The Balaban J connectivity index is 1.48. The van der Waals surface area contributed by atoms with Crippen LogP contribution in [0.3, 0.4) is 0 Å². The van der Waals surface area contributed by atoms with E-state index in [-0.39, 0.29) is 5.91 Å². The lowest BCUT2D eigenvalue weighted by Gasteiger charge is -2.26. The van der Waals surface area contributed by atoms with Crippen LogP contribution in [0.2, 0.25) is 0 Å². The standard InChI is InChI=1S/C19H25N3O2/c1-13-3-7-15(8-4-13)19-22-21-18(24-19)12-11-17(23)20-16-9-5-14(2)6-10-16/h3-4,7-8,14,16H,5-6,9-12H2,1-2H3,(H,20,23). The first kappa shape index (κ1) is 16.7. The van der Waals surface area contributed by atoms with Crippen molar-refractivity contribution in [2.45, 2.75) is 58.4 Å². The van der Waals surface area contributed by atoms with Crippen LogP contribution in [0.25, 0.3) is 11.5 Å². The Morgan fingerprint density at radius 2 is 1.88 bits per heavy atom. The van der Waals surface area contributed by atoms with E-state index in [1.54, 1.807) is 0 Å².